The average molecular weight is 349 g/mol. The fraction of sp³-hybridized carbons (Fsp3) is 0.238. The number of nitrogens with one attached hydrogen (secondary N) is 1. The Bertz CT molecular complexity index is 830. The summed E-state index contributed by atoms with van der Waals surface area (Å²) in [4.78, 5) is 26.5. The fourth-order valence-corrected chi connectivity index (χ4v) is 3.03. The third-order valence-corrected chi connectivity index (χ3v) is 4.39. The van der Waals surface area contributed by atoms with Crippen LogP contribution in [0.15, 0.2) is 48.5 Å². The molecule has 2 amide bonds. The van der Waals surface area contributed by atoms with Crippen molar-refractivity contribution >= 4 is 29.7 Å². The van der Waals surface area contributed by atoms with Gasteiger partial charge >= 0.3 is 0 Å². The van der Waals surface area contributed by atoms with Gasteiger partial charge in [0, 0.05) is 25.9 Å². The molecule has 0 unspecified atom stereocenters. The van der Waals surface area contributed by atoms with Crippen LogP contribution in [0.4, 0.5) is 5.69 Å². The Hall–Kier alpha value is -2.92. The highest BCUT2D eigenvalue weighted by molar-refractivity contribution is 5.98. The molecule has 1 heterocycles. The first-order chi connectivity index (χ1) is 12.7. The van der Waals surface area contributed by atoms with Crippen molar-refractivity contribution in [3.05, 3.63) is 65.2 Å². The number of carbonyl (C=O) groups excluding carboxylic acids is 2. The summed E-state index contributed by atoms with van der Waals surface area (Å²) in [6, 6.07) is 15.9. The van der Waals surface area contributed by atoms with E-state index in [4.69, 9.17) is 5.73 Å². The molecule has 0 fully saturated rings. The zero-order valence-electron chi connectivity index (χ0n) is 14.7. The summed E-state index contributed by atoms with van der Waals surface area (Å²) < 4.78 is 0. The molecule has 3 rings (SSSR count). The van der Waals surface area contributed by atoms with E-state index in [9.17, 15) is 9.59 Å². The lowest BCUT2D eigenvalue weighted by Gasteiger charge is -2.27. The van der Waals surface area contributed by atoms with Gasteiger partial charge in [-0.3, -0.25) is 9.59 Å². The molecule has 0 aliphatic carbocycles. The Labute approximate surface area is 153 Å². The number of nitrogens with two attached hydrogens (primary N) is 1. The number of fused-ring (bicyclic) bond motifs is 2. The number of para-hydroxylation sites is 1. The Kier molecular flexibility index (Phi) is 5.81. The predicted octanol–water partition coefficient (Wildman–Crippen LogP) is 2.56. The molecule has 0 radical (unpaired) electrons. The molecule has 2 aromatic carbocycles. The molecular weight excluding hydrogens is 326 g/mol. The number of amides is 2. The summed E-state index contributed by atoms with van der Waals surface area (Å²) in [7, 11) is 0. The Morgan fingerprint density at radius 3 is 2.46 bits per heavy atom. The van der Waals surface area contributed by atoms with Crippen molar-refractivity contribution < 1.29 is 9.59 Å². The quantitative estimate of drug-likeness (QED) is 0.871. The zero-order chi connectivity index (χ0) is 18.4. The number of nitrogens with zero attached hydrogens (tertiary/aromatic N) is 1. The maximum atomic E-state index is 12.9. The average Bonchev–Trinajstić information content (AvgIpc) is 2.66. The van der Waals surface area contributed by atoms with Crippen LogP contribution in [-0.2, 0) is 16.1 Å². The summed E-state index contributed by atoms with van der Waals surface area (Å²) in [6.07, 6.45) is 4.43. The lowest BCUT2D eigenvalue weighted by molar-refractivity contribution is -0.125. The molecule has 1 aliphatic rings. The first-order valence-electron chi connectivity index (χ1n) is 8.81. The molecule has 1 aliphatic heterocycles. The molecule has 0 atom stereocenters. The highest BCUT2D eigenvalue weighted by Crippen LogP contribution is 2.29. The van der Waals surface area contributed by atoms with Crippen LogP contribution in [0.25, 0.3) is 12.2 Å². The summed E-state index contributed by atoms with van der Waals surface area (Å²) in [5.74, 6) is -0.213. The predicted molar refractivity (Wildman–Crippen MR) is 104 cm³/mol. The van der Waals surface area contributed by atoms with E-state index in [2.05, 4.69) is 11.4 Å². The van der Waals surface area contributed by atoms with Crippen molar-refractivity contribution in [3.63, 3.8) is 0 Å². The normalized spacial score (nSPS) is 13.8. The molecule has 3 N–H and O–H groups in total. The van der Waals surface area contributed by atoms with Gasteiger partial charge in [0.05, 0.1) is 12.2 Å². The largest absolute Gasteiger partial charge is 0.355 e. The van der Waals surface area contributed by atoms with Gasteiger partial charge < -0.3 is 16.0 Å². The van der Waals surface area contributed by atoms with Crippen LogP contribution >= 0.6 is 0 Å². The molecule has 5 nitrogen and oxygen atoms in total. The van der Waals surface area contributed by atoms with Crippen LogP contribution in [0, 0.1) is 0 Å². The van der Waals surface area contributed by atoms with Gasteiger partial charge in [-0.1, -0.05) is 54.6 Å². The van der Waals surface area contributed by atoms with E-state index in [0.717, 1.165) is 22.4 Å². The number of hydrogen-bond donors (Lipinski definition) is 2. The monoisotopic (exact) mass is 349 g/mol. The second-order valence-corrected chi connectivity index (χ2v) is 6.21. The molecule has 0 saturated heterocycles. The molecule has 0 saturated carbocycles. The van der Waals surface area contributed by atoms with Crippen LogP contribution in [-0.4, -0.2) is 24.9 Å². The van der Waals surface area contributed by atoms with E-state index >= 15 is 0 Å². The van der Waals surface area contributed by atoms with Crippen molar-refractivity contribution in [2.45, 2.75) is 19.4 Å². The molecule has 26 heavy (non-hydrogen) atoms. The molecule has 5 heteroatoms. The van der Waals surface area contributed by atoms with Gasteiger partial charge in [-0.15, -0.1) is 0 Å². The maximum absolute atomic E-state index is 12.9. The minimum atomic E-state index is -0.149. The topological polar surface area (TPSA) is 75.4 Å². The van der Waals surface area contributed by atoms with Gasteiger partial charge in [-0.05, 0) is 22.8 Å². The summed E-state index contributed by atoms with van der Waals surface area (Å²) in [5, 5.41) is 2.70. The fourth-order valence-electron chi connectivity index (χ4n) is 3.03. The van der Waals surface area contributed by atoms with Gasteiger partial charge in [0.25, 0.3) is 0 Å². The SMILES string of the molecule is NCCNC(=O)CCC(=O)N1Cc2ccccc2/C=C\c2ccccc21. The molecule has 0 aromatic heterocycles. The third kappa shape index (κ3) is 4.18. The Balaban J connectivity index is 1.84. The van der Waals surface area contributed by atoms with E-state index in [0.29, 0.717) is 19.6 Å². The Morgan fingerprint density at radius 1 is 0.962 bits per heavy atom. The highest BCUT2D eigenvalue weighted by atomic mass is 16.2. The Morgan fingerprint density at radius 2 is 1.65 bits per heavy atom. The molecule has 0 bridgehead atoms. The minimum Gasteiger partial charge on any atom is -0.355 e. The van der Waals surface area contributed by atoms with E-state index in [1.165, 1.54) is 0 Å². The van der Waals surface area contributed by atoms with Gasteiger partial charge in [0.15, 0.2) is 0 Å². The first kappa shape index (κ1) is 17.9. The maximum Gasteiger partial charge on any atom is 0.227 e. The lowest BCUT2D eigenvalue weighted by Crippen LogP contribution is -2.34. The number of hydrogen-bond acceptors (Lipinski definition) is 3. The summed E-state index contributed by atoms with van der Waals surface area (Å²) in [5.41, 5.74) is 9.42. The molecule has 134 valence electrons. The van der Waals surface area contributed by atoms with Crippen LogP contribution in [0.1, 0.15) is 29.5 Å². The second-order valence-electron chi connectivity index (χ2n) is 6.21. The summed E-state index contributed by atoms with van der Waals surface area (Å²) >= 11 is 0. The number of rotatable bonds is 5. The van der Waals surface area contributed by atoms with Crippen molar-refractivity contribution in [1.29, 1.82) is 0 Å². The highest BCUT2D eigenvalue weighted by Gasteiger charge is 2.21. The lowest BCUT2D eigenvalue weighted by atomic mass is 10.0. The number of benzene rings is 2. The van der Waals surface area contributed by atoms with Crippen molar-refractivity contribution in [3.8, 4) is 0 Å². The van der Waals surface area contributed by atoms with Crippen LogP contribution in [0.3, 0.4) is 0 Å². The van der Waals surface area contributed by atoms with Crippen LogP contribution in [0.5, 0.6) is 0 Å². The van der Waals surface area contributed by atoms with Crippen molar-refractivity contribution in [2.24, 2.45) is 5.73 Å². The van der Waals surface area contributed by atoms with Gasteiger partial charge in [0.1, 0.15) is 0 Å². The second kappa shape index (κ2) is 8.45. The molecule has 0 spiro atoms. The number of carbonyl (C=O) groups is 2. The first-order valence-corrected chi connectivity index (χ1v) is 8.81. The molecule has 2 aromatic rings. The minimum absolute atomic E-state index is 0.0644. The van der Waals surface area contributed by atoms with Crippen LogP contribution in [0.2, 0.25) is 0 Å². The third-order valence-electron chi connectivity index (χ3n) is 4.39. The van der Waals surface area contributed by atoms with E-state index in [1.807, 2.05) is 54.6 Å². The van der Waals surface area contributed by atoms with Gasteiger partial charge in [-0.2, -0.15) is 0 Å². The van der Waals surface area contributed by atoms with Gasteiger partial charge in [-0.25, -0.2) is 0 Å². The zero-order valence-corrected chi connectivity index (χ0v) is 14.7. The van der Waals surface area contributed by atoms with E-state index in [-0.39, 0.29) is 24.7 Å². The standard InChI is InChI=1S/C21H23N3O2/c22-13-14-23-20(25)11-12-21(26)24-15-18-7-2-1-5-16(18)9-10-17-6-3-4-8-19(17)24/h1-10H,11-15,22H2,(H,23,25)/b10-9-. The summed E-state index contributed by atoms with van der Waals surface area (Å²) in [6.45, 7) is 1.31. The number of anilines is 1. The van der Waals surface area contributed by atoms with Crippen LogP contribution < -0.4 is 16.0 Å². The van der Waals surface area contributed by atoms with Gasteiger partial charge in [0.2, 0.25) is 11.8 Å². The molecular formula is C21H23N3O2. The van der Waals surface area contributed by atoms with Crippen molar-refractivity contribution in [2.75, 3.05) is 18.0 Å². The smallest absolute Gasteiger partial charge is 0.227 e. The van der Waals surface area contributed by atoms with Crippen molar-refractivity contribution in [1.82, 2.24) is 5.32 Å². The van der Waals surface area contributed by atoms with E-state index in [1.54, 1.807) is 4.90 Å². The van der Waals surface area contributed by atoms with E-state index < -0.39 is 0 Å².